The minimum Gasteiger partial charge on any atom is -0.338 e. The molecule has 1 fully saturated rings. The van der Waals surface area contributed by atoms with Gasteiger partial charge >= 0.3 is 0 Å². The third kappa shape index (κ3) is 4.47. The summed E-state index contributed by atoms with van der Waals surface area (Å²) in [7, 11) is 0. The Morgan fingerprint density at radius 2 is 1.36 bits per heavy atom. The van der Waals surface area contributed by atoms with E-state index in [0.717, 1.165) is 29.5 Å². The highest BCUT2D eigenvalue weighted by atomic mass is 16.7. The average Bonchev–Trinajstić information content (AvgIpc) is 3.08. The van der Waals surface area contributed by atoms with Crippen molar-refractivity contribution < 1.29 is 9.47 Å². The molecule has 2 heteroatoms. The average molecular weight is 334 g/mol. The van der Waals surface area contributed by atoms with Gasteiger partial charge in [-0.1, -0.05) is 78.9 Å². The maximum Gasteiger partial charge on any atom is 0.181 e. The standard InChI is InChI=1S/C23H26O2/c1-17(2)11-10-12-18(3)23-24-21(19-13-6-4-7-14-19)22(25-23)20-15-8-5-9-16-20/h4-9,11,13-16,21-23H,3,10,12H2,1-2H3/t21-,22-/m1/s1. The summed E-state index contributed by atoms with van der Waals surface area (Å²) in [6.45, 7) is 8.44. The summed E-state index contributed by atoms with van der Waals surface area (Å²) in [5, 5.41) is 0. The summed E-state index contributed by atoms with van der Waals surface area (Å²) in [6, 6.07) is 20.6. The minimum atomic E-state index is -0.360. The lowest BCUT2D eigenvalue weighted by Gasteiger charge is -2.17. The van der Waals surface area contributed by atoms with E-state index >= 15 is 0 Å². The molecule has 0 aromatic heterocycles. The van der Waals surface area contributed by atoms with Crippen LogP contribution in [0.1, 0.15) is 50.0 Å². The van der Waals surface area contributed by atoms with Crippen LogP contribution in [0.5, 0.6) is 0 Å². The van der Waals surface area contributed by atoms with Gasteiger partial charge in [0.25, 0.3) is 0 Å². The van der Waals surface area contributed by atoms with Gasteiger partial charge in [0.15, 0.2) is 6.29 Å². The fourth-order valence-electron chi connectivity index (χ4n) is 3.09. The van der Waals surface area contributed by atoms with Crippen LogP contribution >= 0.6 is 0 Å². The first kappa shape index (κ1) is 17.7. The van der Waals surface area contributed by atoms with Crippen molar-refractivity contribution in [2.24, 2.45) is 0 Å². The predicted molar refractivity (Wildman–Crippen MR) is 102 cm³/mol. The van der Waals surface area contributed by atoms with Gasteiger partial charge in [0.2, 0.25) is 0 Å². The van der Waals surface area contributed by atoms with Gasteiger partial charge in [-0.05, 0) is 43.4 Å². The van der Waals surface area contributed by atoms with Crippen molar-refractivity contribution in [3.05, 3.63) is 95.6 Å². The lowest BCUT2D eigenvalue weighted by atomic mass is 9.99. The van der Waals surface area contributed by atoms with Gasteiger partial charge in [-0.25, -0.2) is 0 Å². The highest BCUT2D eigenvalue weighted by Crippen LogP contribution is 2.44. The monoisotopic (exact) mass is 334 g/mol. The third-order valence-corrected chi connectivity index (χ3v) is 4.42. The quantitative estimate of drug-likeness (QED) is 0.590. The van der Waals surface area contributed by atoms with Crippen LogP contribution in [0, 0.1) is 0 Å². The summed E-state index contributed by atoms with van der Waals surface area (Å²) in [4.78, 5) is 0. The minimum absolute atomic E-state index is 0.117. The van der Waals surface area contributed by atoms with Crippen LogP contribution < -0.4 is 0 Å². The second kappa shape index (κ2) is 8.28. The largest absolute Gasteiger partial charge is 0.338 e. The molecular formula is C23H26O2. The molecule has 2 aromatic rings. The Hall–Kier alpha value is -2.16. The Morgan fingerprint density at radius 1 is 0.880 bits per heavy atom. The van der Waals surface area contributed by atoms with E-state index in [9.17, 15) is 0 Å². The molecule has 0 unspecified atom stereocenters. The van der Waals surface area contributed by atoms with E-state index in [4.69, 9.17) is 9.47 Å². The van der Waals surface area contributed by atoms with E-state index in [2.05, 4.69) is 50.8 Å². The topological polar surface area (TPSA) is 18.5 Å². The second-order valence-corrected chi connectivity index (χ2v) is 6.75. The van der Waals surface area contributed by atoms with Gasteiger partial charge in [-0.2, -0.15) is 0 Å². The zero-order chi connectivity index (χ0) is 17.6. The molecule has 3 rings (SSSR count). The predicted octanol–water partition coefficient (Wildman–Crippen LogP) is 6.14. The van der Waals surface area contributed by atoms with Crippen molar-refractivity contribution in [1.82, 2.24) is 0 Å². The Bertz CT molecular complexity index is 667. The Balaban J connectivity index is 1.78. The van der Waals surface area contributed by atoms with Gasteiger partial charge in [-0.3, -0.25) is 0 Å². The van der Waals surface area contributed by atoms with E-state index in [0.29, 0.717) is 0 Å². The van der Waals surface area contributed by atoms with E-state index in [-0.39, 0.29) is 18.5 Å². The van der Waals surface area contributed by atoms with Gasteiger partial charge in [0, 0.05) is 0 Å². The van der Waals surface area contributed by atoms with E-state index in [1.807, 2.05) is 36.4 Å². The van der Waals surface area contributed by atoms with Gasteiger partial charge in [-0.15, -0.1) is 0 Å². The van der Waals surface area contributed by atoms with Crippen molar-refractivity contribution in [2.45, 2.75) is 45.2 Å². The van der Waals surface area contributed by atoms with Crippen molar-refractivity contribution in [3.8, 4) is 0 Å². The maximum atomic E-state index is 6.29. The van der Waals surface area contributed by atoms with E-state index in [1.54, 1.807) is 0 Å². The number of ether oxygens (including phenoxy) is 2. The molecule has 130 valence electrons. The molecule has 0 spiro atoms. The molecule has 0 N–H and O–H groups in total. The Kier molecular flexibility index (Phi) is 5.85. The highest BCUT2D eigenvalue weighted by Gasteiger charge is 2.38. The Labute approximate surface area is 150 Å². The lowest BCUT2D eigenvalue weighted by molar-refractivity contribution is -0.0396. The SMILES string of the molecule is C=C(CCC=C(C)C)C1O[C@H](c2ccccc2)[C@@H](c2ccccc2)O1. The summed E-state index contributed by atoms with van der Waals surface area (Å²) >= 11 is 0. The Morgan fingerprint density at radius 3 is 1.80 bits per heavy atom. The van der Waals surface area contributed by atoms with E-state index < -0.39 is 0 Å². The molecule has 2 atom stereocenters. The summed E-state index contributed by atoms with van der Waals surface area (Å²) in [5.74, 6) is 0. The molecule has 0 saturated carbocycles. The van der Waals surface area contributed by atoms with Crippen LogP contribution in [-0.2, 0) is 9.47 Å². The zero-order valence-electron chi connectivity index (χ0n) is 15.0. The number of benzene rings is 2. The summed E-state index contributed by atoms with van der Waals surface area (Å²) < 4.78 is 12.6. The van der Waals surface area contributed by atoms with Gasteiger partial charge < -0.3 is 9.47 Å². The molecule has 1 saturated heterocycles. The first-order chi connectivity index (χ1) is 12.1. The molecule has 2 aromatic carbocycles. The fourth-order valence-corrected chi connectivity index (χ4v) is 3.09. The molecular weight excluding hydrogens is 308 g/mol. The molecule has 2 nitrogen and oxygen atoms in total. The van der Waals surface area contributed by atoms with Crippen molar-refractivity contribution in [1.29, 1.82) is 0 Å². The van der Waals surface area contributed by atoms with Gasteiger partial charge in [0.1, 0.15) is 12.2 Å². The number of hydrogen-bond donors (Lipinski definition) is 0. The van der Waals surface area contributed by atoms with E-state index in [1.165, 1.54) is 5.57 Å². The third-order valence-electron chi connectivity index (χ3n) is 4.42. The first-order valence-electron chi connectivity index (χ1n) is 8.87. The van der Waals surface area contributed by atoms with Crippen LogP contribution in [0.4, 0.5) is 0 Å². The molecule has 0 amide bonds. The fraction of sp³-hybridized carbons (Fsp3) is 0.304. The molecule has 1 aliphatic heterocycles. The van der Waals surface area contributed by atoms with Crippen molar-refractivity contribution >= 4 is 0 Å². The number of hydrogen-bond acceptors (Lipinski definition) is 2. The van der Waals surface area contributed by atoms with Crippen LogP contribution in [0.25, 0.3) is 0 Å². The van der Waals surface area contributed by atoms with Crippen LogP contribution in [-0.4, -0.2) is 6.29 Å². The summed E-state index contributed by atoms with van der Waals surface area (Å²) in [6.07, 6.45) is 3.47. The van der Waals surface area contributed by atoms with Crippen molar-refractivity contribution in [2.75, 3.05) is 0 Å². The highest BCUT2D eigenvalue weighted by molar-refractivity contribution is 5.27. The normalized spacial score (nSPS) is 20.4. The molecule has 1 heterocycles. The van der Waals surface area contributed by atoms with Crippen LogP contribution in [0.2, 0.25) is 0 Å². The van der Waals surface area contributed by atoms with Crippen LogP contribution in [0.15, 0.2) is 84.5 Å². The summed E-state index contributed by atoms with van der Waals surface area (Å²) in [5.41, 5.74) is 4.59. The van der Waals surface area contributed by atoms with Gasteiger partial charge in [0.05, 0.1) is 0 Å². The second-order valence-electron chi connectivity index (χ2n) is 6.75. The smallest absolute Gasteiger partial charge is 0.181 e. The molecule has 0 bridgehead atoms. The first-order valence-corrected chi connectivity index (χ1v) is 8.87. The molecule has 1 aliphatic rings. The van der Waals surface area contributed by atoms with Crippen molar-refractivity contribution in [3.63, 3.8) is 0 Å². The maximum absolute atomic E-state index is 6.29. The zero-order valence-corrected chi connectivity index (χ0v) is 15.0. The number of allylic oxidation sites excluding steroid dienone is 2. The lowest BCUT2D eigenvalue weighted by Crippen LogP contribution is -2.11. The molecule has 25 heavy (non-hydrogen) atoms. The van der Waals surface area contributed by atoms with Crippen LogP contribution in [0.3, 0.4) is 0 Å². The molecule has 0 aliphatic carbocycles. The number of rotatable bonds is 6. The molecule has 0 radical (unpaired) electrons.